The van der Waals surface area contributed by atoms with E-state index in [0.717, 1.165) is 23.2 Å². The second kappa shape index (κ2) is 9.00. The van der Waals surface area contributed by atoms with Crippen LogP contribution >= 0.6 is 0 Å². The molecule has 3 aromatic rings. The number of carbonyl (C=O) groups is 2. The highest BCUT2D eigenvalue weighted by atomic mass is 16.2. The summed E-state index contributed by atoms with van der Waals surface area (Å²) in [5.74, 6) is -0.333. The highest BCUT2D eigenvalue weighted by Crippen LogP contribution is 2.17. The molecule has 3 aromatic carbocycles. The summed E-state index contributed by atoms with van der Waals surface area (Å²) in [4.78, 5) is 24.7. The SMILES string of the molecule is Cc1ccc(NC(=O)c2ccc(C(=O)NCCc3ccccc3)cc2)c(C)c1. The van der Waals surface area contributed by atoms with Gasteiger partial charge in [0.25, 0.3) is 11.8 Å². The first kappa shape index (κ1) is 19.4. The number of hydrogen-bond donors (Lipinski definition) is 2. The van der Waals surface area contributed by atoms with E-state index in [1.807, 2.05) is 62.4 Å². The van der Waals surface area contributed by atoms with Gasteiger partial charge in [-0.25, -0.2) is 0 Å². The van der Waals surface area contributed by atoms with E-state index in [1.54, 1.807) is 24.3 Å². The first-order valence-corrected chi connectivity index (χ1v) is 9.34. The van der Waals surface area contributed by atoms with Crippen LogP contribution in [0.25, 0.3) is 0 Å². The van der Waals surface area contributed by atoms with E-state index in [1.165, 1.54) is 5.56 Å². The number of anilines is 1. The summed E-state index contributed by atoms with van der Waals surface area (Å²) in [7, 11) is 0. The Morgan fingerprint density at radius 2 is 1.43 bits per heavy atom. The first-order chi connectivity index (χ1) is 13.5. The van der Waals surface area contributed by atoms with Gasteiger partial charge in [0.1, 0.15) is 0 Å². The van der Waals surface area contributed by atoms with Crippen LogP contribution in [0.3, 0.4) is 0 Å². The summed E-state index contributed by atoms with van der Waals surface area (Å²) in [6.45, 7) is 4.55. The summed E-state index contributed by atoms with van der Waals surface area (Å²) in [6.07, 6.45) is 0.781. The van der Waals surface area contributed by atoms with Gasteiger partial charge < -0.3 is 10.6 Å². The Hall–Kier alpha value is -3.40. The van der Waals surface area contributed by atoms with Crippen LogP contribution in [0.2, 0.25) is 0 Å². The number of amides is 2. The van der Waals surface area contributed by atoms with Gasteiger partial charge in [0.2, 0.25) is 0 Å². The minimum Gasteiger partial charge on any atom is -0.352 e. The second-order valence-electron chi connectivity index (χ2n) is 6.84. The molecule has 142 valence electrons. The molecule has 0 aliphatic carbocycles. The Kier molecular flexibility index (Phi) is 6.22. The standard InChI is InChI=1S/C24H24N2O2/c1-17-8-13-22(18(2)16-17)26-24(28)21-11-9-20(10-12-21)23(27)25-15-14-19-6-4-3-5-7-19/h3-13,16H,14-15H2,1-2H3,(H,25,27)(H,26,28). The van der Waals surface area contributed by atoms with E-state index in [4.69, 9.17) is 0 Å². The third kappa shape index (κ3) is 5.07. The minimum absolute atomic E-state index is 0.141. The number of benzene rings is 3. The zero-order valence-corrected chi connectivity index (χ0v) is 16.2. The van der Waals surface area contributed by atoms with Crippen LogP contribution in [0.5, 0.6) is 0 Å². The van der Waals surface area contributed by atoms with Gasteiger partial charge in [-0.05, 0) is 61.7 Å². The van der Waals surface area contributed by atoms with Crippen LogP contribution in [-0.2, 0) is 6.42 Å². The second-order valence-corrected chi connectivity index (χ2v) is 6.84. The monoisotopic (exact) mass is 372 g/mol. The summed E-state index contributed by atoms with van der Waals surface area (Å²) in [5, 5.41) is 5.82. The van der Waals surface area contributed by atoms with Gasteiger partial charge in [-0.15, -0.1) is 0 Å². The fourth-order valence-corrected chi connectivity index (χ4v) is 2.99. The normalized spacial score (nSPS) is 10.4. The Labute approximate surface area is 165 Å². The lowest BCUT2D eigenvalue weighted by Gasteiger charge is -2.10. The lowest BCUT2D eigenvalue weighted by molar-refractivity contribution is 0.0952. The molecule has 0 atom stereocenters. The molecule has 0 saturated carbocycles. The summed E-state index contributed by atoms with van der Waals surface area (Å²) in [6, 6.07) is 22.6. The largest absolute Gasteiger partial charge is 0.352 e. The zero-order chi connectivity index (χ0) is 19.9. The topological polar surface area (TPSA) is 58.2 Å². The smallest absolute Gasteiger partial charge is 0.255 e. The van der Waals surface area contributed by atoms with Gasteiger partial charge in [-0.3, -0.25) is 9.59 Å². The summed E-state index contributed by atoms with van der Waals surface area (Å²) < 4.78 is 0. The molecule has 2 amide bonds. The maximum absolute atomic E-state index is 12.4. The van der Waals surface area contributed by atoms with Gasteiger partial charge in [-0.2, -0.15) is 0 Å². The van der Waals surface area contributed by atoms with Crippen LogP contribution < -0.4 is 10.6 Å². The summed E-state index contributed by atoms with van der Waals surface area (Å²) in [5.41, 5.74) is 5.19. The molecule has 0 aliphatic rings. The third-order valence-corrected chi connectivity index (χ3v) is 4.58. The van der Waals surface area contributed by atoms with E-state index in [9.17, 15) is 9.59 Å². The maximum Gasteiger partial charge on any atom is 0.255 e. The molecule has 0 saturated heterocycles. The average molecular weight is 372 g/mol. The van der Waals surface area contributed by atoms with Crippen molar-refractivity contribution in [3.8, 4) is 0 Å². The Bertz CT molecular complexity index is 964. The van der Waals surface area contributed by atoms with E-state index >= 15 is 0 Å². The van der Waals surface area contributed by atoms with Crippen molar-refractivity contribution >= 4 is 17.5 Å². The predicted octanol–water partition coefficient (Wildman–Crippen LogP) is 4.53. The van der Waals surface area contributed by atoms with Crippen molar-refractivity contribution < 1.29 is 9.59 Å². The predicted molar refractivity (Wildman–Crippen MR) is 113 cm³/mol. The fourth-order valence-electron chi connectivity index (χ4n) is 2.99. The van der Waals surface area contributed by atoms with Gasteiger partial charge in [0.15, 0.2) is 0 Å². The third-order valence-electron chi connectivity index (χ3n) is 4.58. The number of carbonyl (C=O) groups excluding carboxylic acids is 2. The molecular weight excluding hydrogens is 348 g/mol. The number of aryl methyl sites for hydroxylation is 2. The van der Waals surface area contributed by atoms with E-state index in [2.05, 4.69) is 10.6 Å². The molecular formula is C24H24N2O2. The maximum atomic E-state index is 12.4. The van der Waals surface area contributed by atoms with Crippen LogP contribution in [0.1, 0.15) is 37.4 Å². The van der Waals surface area contributed by atoms with Gasteiger partial charge in [-0.1, -0.05) is 48.0 Å². The van der Waals surface area contributed by atoms with Gasteiger partial charge in [0, 0.05) is 23.4 Å². The van der Waals surface area contributed by atoms with Crippen LogP contribution in [0.15, 0.2) is 72.8 Å². The van der Waals surface area contributed by atoms with Crippen molar-refractivity contribution in [2.45, 2.75) is 20.3 Å². The molecule has 4 heteroatoms. The molecule has 0 bridgehead atoms. The number of hydrogen-bond acceptors (Lipinski definition) is 2. The van der Waals surface area contributed by atoms with Crippen molar-refractivity contribution in [3.63, 3.8) is 0 Å². The molecule has 2 N–H and O–H groups in total. The minimum atomic E-state index is -0.192. The number of rotatable bonds is 6. The molecule has 0 aromatic heterocycles. The number of nitrogens with one attached hydrogen (secondary N) is 2. The van der Waals surface area contributed by atoms with Crippen molar-refractivity contribution in [2.24, 2.45) is 0 Å². The Morgan fingerprint density at radius 1 is 0.786 bits per heavy atom. The molecule has 3 rings (SSSR count). The van der Waals surface area contributed by atoms with Crippen molar-refractivity contribution in [3.05, 3.63) is 101 Å². The van der Waals surface area contributed by atoms with E-state index in [-0.39, 0.29) is 11.8 Å². The van der Waals surface area contributed by atoms with Crippen molar-refractivity contribution in [1.82, 2.24) is 5.32 Å². The van der Waals surface area contributed by atoms with Crippen molar-refractivity contribution in [2.75, 3.05) is 11.9 Å². The Morgan fingerprint density at radius 3 is 2.07 bits per heavy atom. The highest BCUT2D eigenvalue weighted by Gasteiger charge is 2.10. The molecule has 4 nitrogen and oxygen atoms in total. The van der Waals surface area contributed by atoms with Crippen LogP contribution in [-0.4, -0.2) is 18.4 Å². The highest BCUT2D eigenvalue weighted by molar-refractivity contribution is 6.05. The Balaban J connectivity index is 1.56. The van der Waals surface area contributed by atoms with E-state index in [0.29, 0.717) is 17.7 Å². The fraction of sp³-hybridized carbons (Fsp3) is 0.167. The van der Waals surface area contributed by atoms with Crippen molar-refractivity contribution in [1.29, 1.82) is 0 Å². The zero-order valence-electron chi connectivity index (χ0n) is 16.2. The van der Waals surface area contributed by atoms with Gasteiger partial charge >= 0.3 is 0 Å². The lowest BCUT2D eigenvalue weighted by atomic mass is 10.1. The molecule has 0 spiro atoms. The summed E-state index contributed by atoms with van der Waals surface area (Å²) >= 11 is 0. The van der Waals surface area contributed by atoms with Crippen LogP contribution in [0, 0.1) is 13.8 Å². The average Bonchev–Trinajstić information content (AvgIpc) is 2.71. The quantitative estimate of drug-likeness (QED) is 0.668. The first-order valence-electron chi connectivity index (χ1n) is 9.34. The van der Waals surface area contributed by atoms with Crippen LogP contribution in [0.4, 0.5) is 5.69 Å². The molecule has 0 unspecified atom stereocenters. The molecule has 0 radical (unpaired) electrons. The molecule has 0 fully saturated rings. The lowest BCUT2D eigenvalue weighted by Crippen LogP contribution is -2.25. The molecule has 0 aliphatic heterocycles. The van der Waals surface area contributed by atoms with E-state index < -0.39 is 0 Å². The molecule has 0 heterocycles. The molecule has 28 heavy (non-hydrogen) atoms. The van der Waals surface area contributed by atoms with Gasteiger partial charge in [0.05, 0.1) is 0 Å².